The van der Waals surface area contributed by atoms with Gasteiger partial charge in [-0.2, -0.15) is 26.3 Å². The number of hydrogen-bond donors (Lipinski definition) is 1. The van der Waals surface area contributed by atoms with Crippen LogP contribution in [0.15, 0.2) is 41.1 Å². The third-order valence-electron chi connectivity index (χ3n) is 12.0. The number of hydrogen-bond acceptors (Lipinski definition) is 8. The number of alkyl halides is 6. The van der Waals surface area contributed by atoms with Gasteiger partial charge < -0.3 is 29.4 Å². The normalized spacial score (nSPS) is 21.6. The van der Waals surface area contributed by atoms with Crippen LogP contribution in [0.1, 0.15) is 62.8 Å². The molecule has 328 valence electrons. The summed E-state index contributed by atoms with van der Waals surface area (Å²) in [5.41, 5.74) is -1.81. The van der Waals surface area contributed by atoms with Crippen LogP contribution in [0.4, 0.5) is 35.9 Å². The molecule has 59 heavy (non-hydrogen) atoms. The zero-order valence-corrected chi connectivity index (χ0v) is 34.8. The molecule has 0 spiro atoms. The Bertz CT molecular complexity index is 1640. The summed E-state index contributed by atoms with van der Waals surface area (Å²) < 4.78 is 79.2. The van der Waals surface area contributed by atoms with Gasteiger partial charge in [-0.25, -0.2) is 14.6 Å². The van der Waals surface area contributed by atoms with E-state index in [9.17, 15) is 35.9 Å². The van der Waals surface area contributed by atoms with Crippen LogP contribution >= 0.6 is 15.9 Å². The van der Waals surface area contributed by atoms with E-state index >= 15 is 0 Å². The largest absolute Gasteiger partial charge is 0.492 e. The number of rotatable bonds is 6. The van der Waals surface area contributed by atoms with Crippen molar-refractivity contribution in [1.29, 1.82) is 0 Å². The summed E-state index contributed by atoms with van der Waals surface area (Å²) in [7, 11) is 0. The number of carbonyl (C=O) groups is 2. The highest BCUT2D eigenvalue weighted by Gasteiger charge is 2.37. The first-order valence-electron chi connectivity index (χ1n) is 20.7. The van der Waals surface area contributed by atoms with Gasteiger partial charge in [0, 0.05) is 120 Å². The van der Waals surface area contributed by atoms with Crippen molar-refractivity contribution in [3.05, 3.63) is 52.5 Å². The fraction of sp³-hybridized carbons (Fsp3) is 0.700. The van der Waals surface area contributed by atoms with Crippen LogP contribution in [-0.2, 0) is 12.4 Å². The van der Waals surface area contributed by atoms with E-state index in [2.05, 4.69) is 35.7 Å². The van der Waals surface area contributed by atoms with Gasteiger partial charge in [0.05, 0.1) is 12.8 Å². The van der Waals surface area contributed by atoms with E-state index in [4.69, 9.17) is 9.84 Å². The van der Waals surface area contributed by atoms with Crippen LogP contribution in [-0.4, -0.2) is 160 Å². The lowest BCUT2D eigenvalue weighted by Gasteiger charge is -2.41. The van der Waals surface area contributed by atoms with Crippen molar-refractivity contribution in [2.45, 2.75) is 75.8 Å². The molecule has 0 atom stereocenters. The van der Waals surface area contributed by atoms with E-state index < -0.39 is 23.7 Å². The molecule has 4 aliphatic heterocycles. The molecule has 4 saturated heterocycles. The Morgan fingerprint density at radius 1 is 0.627 bits per heavy atom. The summed E-state index contributed by atoms with van der Waals surface area (Å²) in [4.78, 5) is 44.4. The highest BCUT2D eigenvalue weighted by atomic mass is 79.9. The molecule has 4 amide bonds. The molecule has 2 aromatic heterocycles. The third-order valence-corrected chi connectivity index (χ3v) is 12.5. The molecule has 2 aromatic rings. The van der Waals surface area contributed by atoms with Crippen LogP contribution in [0.2, 0.25) is 0 Å². The molecule has 2 aliphatic carbocycles. The summed E-state index contributed by atoms with van der Waals surface area (Å²) >= 11 is 2.98. The van der Waals surface area contributed by atoms with Crippen molar-refractivity contribution in [1.82, 2.24) is 39.4 Å². The van der Waals surface area contributed by atoms with Gasteiger partial charge in [-0.3, -0.25) is 14.8 Å². The number of aliphatic hydroxyl groups is 1. The third kappa shape index (κ3) is 12.6. The molecule has 6 aliphatic rings. The topological polar surface area (TPSA) is 109 Å². The maximum Gasteiger partial charge on any atom is 0.433 e. The SMILES string of the molecule is FC(F)(F)c1ccc(Br)cn1.O=C(N1CCCN(C2CCC2)CC1)N1CC(CO)C1.O=C(N1CCCN(C2CCC2)CC1)N1CC(COc2ccc(C(F)(F)F)nc2)C1. The molecule has 6 heterocycles. The summed E-state index contributed by atoms with van der Waals surface area (Å²) in [6.07, 6.45) is 3.49. The summed E-state index contributed by atoms with van der Waals surface area (Å²) in [6.45, 7) is 10.8. The number of ether oxygens (including phenoxy) is 1. The second kappa shape index (κ2) is 20.4. The van der Waals surface area contributed by atoms with E-state index in [0.29, 0.717) is 35.8 Å². The summed E-state index contributed by atoms with van der Waals surface area (Å²) in [6, 6.07) is 6.20. The smallest absolute Gasteiger partial charge is 0.433 e. The first-order chi connectivity index (χ1) is 28.2. The molecular formula is C40H55BrF6N8O4. The van der Waals surface area contributed by atoms with Crippen molar-refractivity contribution in [3.63, 3.8) is 0 Å². The number of nitrogens with zero attached hydrogens (tertiary/aromatic N) is 8. The van der Waals surface area contributed by atoms with Gasteiger partial charge in [-0.15, -0.1) is 0 Å². The number of carbonyl (C=O) groups excluding carboxylic acids is 2. The number of pyridine rings is 2. The van der Waals surface area contributed by atoms with Crippen LogP contribution in [0.3, 0.4) is 0 Å². The van der Waals surface area contributed by atoms with E-state index in [0.717, 1.165) is 115 Å². The van der Waals surface area contributed by atoms with Crippen molar-refractivity contribution in [3.8, 4) is 5.75 Å². The predicted molar refractivity (Wildman–Crippen MR) is 210 cm³/mol. The van der Waals surface area contributed by atoms with Gasteiger partial charge in [-0.05, 0) is 78.7 Å². The van der Waals surface area contributed by atoms with Crippen molar-refractivity contribution in [2.75, 3.05) is 91.8 Å². The van der Waals surface area contributed by atoms with Crippen LogP contribution in [0, 0.1) is 11.8 Å². The highest BCUT2D eigenvalue weighted by molar-refractivity contribution is 9.10. The molecule has 0 radical (unpaired) electrons. The van der Waals surface area contributed by atoms with Gasteiger partial charge in [0.25, 0.3) is 0 Å². The number of amides is 4. The van der Waals surface area contributed by atoms with Crippen molar-refractivity contribution in [2.24, 2.45) is 11.8 Å². The Morgan fingerprint density at radius 2 is 1.10 bits per heavy atom. The maximum atomic E-state index is 12.7. The molecule has 2 saturated carbocycles. The summed E-state index contributed by atoms with van der Waals surface area (Å²) in [5, 5.41) is 9.01. The molecule has 0 aromatic carbocycles. The van der Waals surface area contributed by atoms with Crippen LogP contribution in [0.5, 0.6) is 5.75 Å². The lowest BCUT2D eigenvalue weighted by Crippen LogP contribution is -2.56. The Balaban J connectivity index is 0.000000166. The minimum atomic E-state index is -4.45. The van der Waals surface area contributed by atoms with E-state index in [1.54, 1.807) is 0 Å². The van der Waals surface area contributed by atoms with Crippen LogP contribution in [0.25, 0.3) is 0 Å². The Labute approximate surface area is 350 Å². The maximum absolute atomic E-state index is 12.7. The average molecular weight is 906 g/mol. The number of aromatic nitrogens is 2. The van der Waals surface area contributed by atoms with Crippen molar-refractivity contribution >= 4 is 28.0 Å². The molecule has 19 heteroatoms. The Kier molecular flexibility index (Phi) is 15.6. The van der Waals surface area contributed by atoms with Crippen LogP contribution < -0.4 is 4.74 Å². The number of halogens is 7. The monoisotopic (exact) mass is 904 g/mol. The molecule has 0 unspecified atom stereocenters. The van der Waals surface area contributed by atoms with Gasteiger partial charge in [0.2, 0.25) is 0 Å². The summed E-state index contributed by atoms with van der Waals surface area (Å²) in [5.74, 6) is 0.813. The molecule has 12 nitrogen and oxygen atoms in total. The molecular weight excluding hydrogens is 850 g/mol. The van der Waals surface area contributed by atoms with Gasteiger partial charge in [0.15, 0.2) is 0 Å². The second-order valence-corrected chi connectivity index (χ2v) is 17.2. The van der Waals surface area contributed by atoms with Gasteiger partial charge >= 0.3 is 24.4 Å². The van der Waals surface area contributed by atoms with Gasteiger partial charge in [0.1, 0.15) is 17.1 Å². The Hall–Kier alpha value is -3.42. The first kappa shape index (κ1) is 45.1. The first-order valence-corrected chi connectivity index (χ1v) is 21.5. The molecule has 0 bridgehead atoms. The zero-order chi connectivity index (χ0) is 42.2. The lowest BCUT2D eigenvalue weighted by molar-refractivity contribution is -0.142. The average Bonchev–Trinajstić information content (AvgIpc) is 3.51. The molecule has 6 fully saturated rings. The fourth-order valence-electron chi connectivity index (χ4n) is 7.96. The number of urea groups is 2. The lowest BCUT2D eigenvalue weighted by atomic mass is 9.91. The predicted octanol–water partition coefficient (Wildman–Crippen LogP) is 6.54. The standard InChI is InChI=1S/C20H27F3N4O2.C14H25N3O2.C6H3BrF3N/c21-20(22,23)18-6-5-17(11-24-18)29-14-15-12-27(13-15)19(28)26-8-2-7-25(9-10-26)16-3-1-4-16;18-11-12-9-17(10-12)14(19)16-6-2-5-15(7-8-16)13-3-1-4-13;7-4-1-2-5(11-3-4)6(8,9)10/h5-6,11,15-16H,1-4,7-10,12-14H2;12-13,18H,1-11H2;1-3H. The fourth-order valence-corrected chi connectivity index (χ4v) is 8.19. The highest BCUT2D eigenvalue weighted by Crippen LogP contribution is 2.31. The number of aliphatic hydroxyl groups excluding tert-OH is 1. The van der Waals surface area contributed by atoms with E-state index in [1.165, 1.54) is 50.7 Å². The quantitative estimate of drug-likeness (QED) is 0.326. The van der Waals surface area contributed by atoms with E-state index in [1.807, 2.05) is 19.6 Å². The van der Waals surface area contributed by atoms with E-state index in [-0.39, 0.29) is 24.6 Å². The second-order valence-electron chi connectivity index (χ2n) is 16.3. The number of likely N-dealkylation sites (tertiary alicyclic amines) is 2. The zero-order valence-electron chi connectivity index (χ0n) is 33.2. The van der Waals surface area contributed by atoms with Gasteiger partial charge in [-0.1, -0.05) is 12.8 Å². The Morgan fingerprint density at radius 3 is 1.49 bits per heavy atom. The van der Waals surface area contributed by atoms with Crippen molar-refractivity contribution < 1.29 is 45.8 Å². The molecule has 8 rings (SSSR count). The minimum Gasteiger partial charge on any atom is -0.492 e. The molecule has 1 N–H and O–H groups in total. The minimum absolute atomic E-state index is 0.0907.